The summed E-state index contributed by atoms with van der Waals surface area (Å²) in [5, 5.41) is 4.63. The number of aromatic nitrogens is 2. The monoisotopic (exact) mass is 1070 g/mol. The maximum Gasteiger partial charge on any atom is 0.503 e. The van der Waals surface area contributed by atoms with Gasteiger partial charge < -0.3 is 4.90 Å². The van der Waals surface area contributed by atoms with Crippen molar-refractivity contribution in [2.75, 3.05) is 4.90 Å². The number of para-hydroxylation sites is 3. The van der Waals surface area contributed by atoms with E-state index in [1.54, 1.807) is 0 Å². The predicted octanol–water partition coefficient (Wildman–Crippen LogP) is 20.9. The molecule has 3 heterocycles. The molecule has 0 amide bonds. The van der Waals surface area contributed by atoms with Crippen LogP contribution in [0, 0.1) is 0 Å². The molecule has 0 unspecified atom stereocenters. The molecule has 0 N–H and O–H groups in total. The molecule has 1 aliphatic heterocycles. The summed E-state index contributed by atoms with van der Waals surface area (Å²) in [5.74, 6) is 0.864. The molecule has 0 atom stereocenters. The highest BCUT2D eigenvalue weighted by molar-refractivity contribution is 6.11. The SMILES string of the molecule is CC(C)(C)c1ccc(-c2cccc(-c3ccc(C(C)(C)C)cc3)c2N(c2cccc([N+]3=C=[N+](c4c(-c5ccccc5)cccc4-c4ccccc4)c4c3ccc3ccccc43)c2)c2ccc3c4ccccc4n(-c4ccccn4)c3c2)cc1. The summed E-state index contributed by atoms with van der Waals surface area (Å²) < 4.78 is 6.91. The summed E-state index contributed by atoms with van der Waals surface area (Å²) in [5.41, 5.74) is 20.9. The lowest BCUT2D eigenvalue weighted by molar-refractivity contribution is 0.590. The topological polar surface area (TPSA) is 27.1 Å². The van der Waals surface area contributed by atoms with Crippen LogP contribution in [0.25, 0.3) is 82.9 Å². The zero-order chi connectivity index (χ0) is 56.4. The quantitative estimate of drug-likeness (QED) is 0.128. The average Bonchev–Trinajstić information content (AvgIpc) is 3.64. The number of rotatable bonds is 10. The van der Waals surface area contributed by atoms with Crippen molar-refractivity contribution in [2.24, 2.45) is 0 Å². The van der Waals surface area contributed by atoms with Crippen LogP contribution in [0.5, 0.6) is 0 Å². The van der Waals surface area contributed by atoms with Crippen LogP contribution in [0.4, 0.5) is 39.8 Å². The Balaban J connectivity index is 1.07. The Morgan fingerprint density at radius 1 is 0.386 bits per heavy atom. The first-order valence-corrected chi connectivity index (χ1v) is 28.8. The van der Waals surface area contributed by atoms with Gasteiger partial charge >= 0.3 is 11.7 Å². The highest BCUT2D eigenvalue weighted by atomic mass is 15.2. The third kappa shape index (κ3) is 9.13. The number of hydrogen-bond acceptors (Lipinski definition) is 2. The molecular formula is C78H63N5+2. The minimum absolute atomic E-state index is 0.0111. The summed E-state index contributed by atoms with van der Waals surface area (Å²) in [6.07, 6.45) is 1.88. The second kappa shape index (κ2) is 20.4. The molecule has 398 valence electrons. The Hall–Kier alpha value is -10.2. The first kappa shape index (κ1) is 51.0. The summed E-state index contributed by atoms with van der Waals surface area (Å²) in [6.45, 7) is 13.7. The first-order chi connectivity index (χ1) is 40.5. The fourth-order valence-corrected chi connectivity index (χ4v) is 12.3. The van der Waals surface area contributed by atoms with Crippen LogP contribution in [0.2, 0.25) is 0 Å². The van der Waals surface area contributed by atoms with Gasteiger partial charge in [-0.15, -0.1) is 0 Å². The van der Waals surface area contributed by atoms with Crippen molar-refractivity contribution in [1.82, 2.24) is 18.7 Å². The van der Waals surface area contributed by atoms with Gasteiger partial charge in [0.05, 0.1) is 38.9 Å². The van der Waals surface area contributed by atoms with Gasteiger partial charge in [0.1, 0.15) is 5.82 Å². The van der Waals surface area contributed by atoms with E-state index in [-0.39, 0.29) is 10.8 Å². The molecule has 0 radical (unpaired) electrons. The van der Waals surface area contributed by atoms with Gasteiger partial charge in [0, 0.05) is 52.0 Å². The maximum absolute atomic E-state index is 4.97. The largest absolute Gasteiger partial charge is 0.503 e. The van der Waals surface area contributed by atoms with E-state index in [9.17, 15) is 0 Å². The van der Waals surface area contributed by atoms with Crippen molar-refractivity contribution < 1.29 is 0 Å². The lowest BCUT2D eigenvalue weighted by atomic mass is 9.85. The van der Waals surface area contributed by atoms with E-state index < -0.39 is 0 Å². The van der Waals surface area contributed by atoms with Crippen molar-refractivity contribution in [3.8, 4) is 50.3 Å². The summed E-state index contributed by atoms with van der Waals surface area (Å²) in [6, 6.07) is 102. The zero-order valence-electron chi connectivity index (χ0n) is 47.7. The lowest BCUT2D eigenvalue weighted by Crippen LogP contribution is -2.14. The van der Waals surface area contributed by atoms with Gasteiger partial charge in [0.15, 0.2) is 0 Å². The molecule has 13 aromatic rings. The van der Waals surface area contributed by atoms with Gasteiger partial charge in [-0.2, -0.15) is 0 Å². The molecule has 5 heteroatoms. The van der Waals surface area contributed by atoms with E-state index in [0.29, 0.717) is 0 Å². The summed E-state index contributed by atoms with van der Waals surface area (Å²) >= 11 is 0. The molecule has 0 saturated heterocycles. The first-order valence-electron chi connectivity index (χ1n) is 28.8. The highest BCUT2D eigenvalue weighted by Gasteiger charge is 2.41. The van der Waals surface area contributed by atoms with Crippen molar-refractivity contribution in [3.05, 3.63) is 284 Å². The third-order valence-electron chi connectivity index (χ3n) is 16.5. The highest BCUT2D eigenvalue weighted by Crippen LogP contribution is 2.51. The van der Waals surface area contributed by atoms with Crippen LogP contribution in [-0.2, 0) is 10.8 Å². The molecule has 2 aromatic heterocycles. The Bertz CT molecular complexity index is 4550. The van der Waals surface area contributed by atoms with Crippen molar-refractivity contribution in [1.29, 1.82) is 0 Å². The van der Waals surface area contributed by atoms with Gasteiger partial charge in [0.2, 0.25) is 11.4 Å². The van der Waals surface area contributed by atoms with Crippen LogP contribution >= 0.6 is 0 Å². The van der Waals surface area contributed by atoms with E-state index in [2.05, 4.69) is 327 Å². The fraction of sp³-hybridized carbons (Fsp3) is 0.103. The Morgan fingerprint density at radius 2 is 0.916 bits per heavy atom. The second-order valence-electron chi connectivity index (χ2n) is 23.8. The molecule has 0 aliphatic carbocycles. The number of anilines is 3. The molecule has 11 aromatic carbocycles. The third-order valence-corrected chi connectivity index (χ3v) is 16.5. The van der Waals surface area contributed by atoms with Crippen molar-refractivity contribution in [3.63, 3.8) is 0 Å². The van der Waals surface area contributed by atoms with Gasteiger partial charge in [-0.05, 0) is 119 Å². The number of fused-ring (bicyclic) bond motifs is 6. The van der Waals surface area contributed by atoms with E-state index in [4.69, 9.17) is 4.98 Å². The van der Waals surface area contributed by atoms with Crippen LogP contribution in [0.3, 0.4) is 0 Å². The Labute approximate surface area is 486 Å². The van der Waals surface area contributed by atoms with Crippen molar-refractivity contribution >= 4 is 78.4 Å². The van der Waals surface area contributed by atoms with Gasteiger partial charge in [-0.1, -0.05) is 230 Å². The molecule has 1 aliphatic rings. The zero-order valence-corrected chi connectivity index (χ0v) is 47.7. The minimum Gasteiger partial charge on any atom is -0.309 e. The van der Waals surface area contributed by atoms with E-state index in [1.165, 1.54) is 16.5 Å². The normalized spacial score (nSPS) is 12.4. The van der Waals surface area contributed by atoms with E-state index in [0.717, 1.165) is 117 Å². The van der Waals surface area contributed by atoms with Crippen molar-refractivity contribution in [2.45, 2.75) is 52.4 Å². The van der Waals surface area contributed by atoms with E-state index in [1.807, 2.05) is 12.3 Å². The molecular weight excluding hydrogens is 1010 g/mol. The summed E-state index contributed by atoms with van der Waals surface area (Å²) in [4.78, 5) is 7.46. The Morgan fingerprint density at radius 3 is 1.53 bits per heavy atom. The number of benzene rings is 11. The molecule has 83 heavy (non-hydrogen) atoms. The minimum atomic E-state index is -0.0111. The van der Waals surface area contributed by atoms with Crippen LogP contribution in [-0.4, -0.2) is 15.6 Å². The van der Waals surface area contributed by atoms with Crippen LogP contribution in [0.1, 0.15) is 52.7 Å². The molecule has 0 fully saturated rings. The number of pyridine rings is 1. The molecule has 14 rings (SSSR count). The molecule has 5 nitrogen and oxygen atoms in total. The summed E-state index contributed by atoms with van der Waals surface area (Å²) in [7, 11) is 0. The van der Waals surface area contributed by atoms with Crippen LogP contribution in [0.15, 0.2) is 273 Å². The van der Waals surface area contributed by atoms with E-state index >= 15 is 0 Å². The molecule has 0 bridgehead atoms. The number of hydrogen-bond donors (Lipinski definition) is 0. The van der Waals surface area contributed by atoms with Gasteiger partial charge in [-0.25, -0.2) is 4.98 Å². The molecule has 0 saturated carbocycles. The molecule has 0 spiro atoms. The Kier molecular flexibility index (Phi) is 12.5. The standard InChI is InChI=1S/C78H63N5/c1-77(2,3)58-42-37-56(38-43-58)65-33-21-34-66(57-39-44-59(45-40-57)78(4,5)6)75(65)82(62-46-47-69-68-30-15-16-35-70(68)83(72(69)51-62)73-36-17-18-49-79-73)61-28-19-27-60(50-61)80-52-81(76-67-29-14-13-26-55(67)41-48-71(76)80)74-63(53-22-9-7-10-23-53)31-20-32-64(74)54-24-11-8-12-25-54/h7-51H,1-6H3/q+2. The van der Waals surface area contributed by atoms with Gasteiger partial charge in [0.25, 0.3) is 5.69 Å². The lowest BCUT2D eigenvalue weighted by Gasteiger charge is -2.31. The fourth-order valence-electron chi connectivity index (χ4n) is 12.3. The average molecular weight is 1070 g/mol. The smallest absolute Gasteiger partial charge is 0.309 e. The maximum atomic E-state index is 4.97. The second-order valence-corrected chi connectivity index (χ2v) is 23.8. The predicted molar refractivity (Wildman–Crippen MR) is 351 cm³/mol. The van der Waals surface area contributed by atoms with Crippen LogP contribution < -0.4 is 14.1 Å². The number of nitrogens with zero attached hydrogens (tertiary/aromatic N) is 5. The van der Waals surface area contributed by atoms with Gasteiger partial charge in [-0.3, -0.25) is 4.57 Å².